The lowest BCUT2D eigenvalue weighted by Gasteiger charge is -2.22. The van der Waals surface area contributed by atoms with Crippen molar-refractivity contribution in [1.29, 1.82) is 0 Å². The lowest BCUT2D eigenvalue weighted by atomic mass is 10.0. The van der Waals surface area contributed by atoms with E-state index in [0.717, 1.165) is 0 Å². The Morgan fingerprint density at radius 1 is 1.25 bits per heavy atom. The Labute approximate surface area is 157 Å². The molecule has 1 atom stereocenters. The molecule has 10 heteroatoms. The van der Waals surface area contributed by atoms with Gasteiger partial charge >= 0.3 is 12.0 Å². The maximum absolute atomic E-state index is 14.4. The molecule has 4 rings (SSSR count). The van der Waals surface area contributed by atoms with Gasteiger partial charge in [-0.05, 0) is 0 Å². The van der Waals surface area contributed by atoms with Crippen molar-refractivity contribution in [1.82, 2.24) is 25.2 Å². The molecule has 0 spiro atoms. The molecule has 28 heavy (non-hydrogen) atoms. The Balaban J connectivity index is 1.62. The fourth-order valence-electron chi connectivity index (χ4n) is 2.89. The number of alkyl halides is 2. The van der Waals surface area contributed by atoms with E-state index < -0.39 is 30.4 Å². The van der Waals surface area contributed by atoms with E-state index in [2.05, 4.69) is 20.7 Å². The molecule has 0 bridgehead atoms. The van der Waals surface area contributed by atoms with Crippen LogP contribution in [0.15, 0.2) is 48.8 Å². The van der Waals surface area contributed by atoms with Crippen molar-refractivity contribution in [2.45, 2.75) is 11.8 Å². The number of nitrogens with one attached hydrogen (secondary N) is 2. The van der Waals surface area contributed by atoms with E-state index in [1.807, 2.05) is 0 Å². The van der Waals surface area contributed by atoms with Gasteiger partial charge in [-0.15, -0.1) is 0 Å². The van der Waals surface area contributed by atoms with Gasteiger partial charge in [0, 0.05) is 30.6 Å². The van der Waals surface area contributed by atoms with Crippen molar-refractivity contribution in [3.63, 3.8) is 0 Å². The SMILES string of the molecule is O=C1NCC(c2cc(OCC(F)(F)c3ccccc3)c3nccn3n2)C(=O)N1. The highest BCUT2D eigenvalue weighted by molar-refractivity contribution is 6.00. The number of carbonyl (C=O) groups is 2. The smallest absolute Gasteiger partial charge is 0.321 e. The quantitative estimate of drug-likeness (QED) is 0.696. The van der Waals surface area contributed by atoms with Crippen LogP contribution in [0.5, 0.6) is 5.75 Å². The van der Waals surface area contributed by atoms with E-state index in [-0.39, 0.29) is 29.2 Å². The van der Waals surface area contributed by atoms with Gasteiger partial charge in [0.15, 0.2) is 18.0 Å². The predicted octanol–water partition coefficient (Wildman–Crippen LogP) is 1.82. The fraction of sp³-hybridized carbons (Fsp3) is 0.222. The van der Waals surface area contributed by atoms with E-state index in [9.17, 15) is 18.4 Å². The third-order valence-electron chi connectivity index (χ3n) is 4.33. The summed E-state index contributed by atoms with van der Waals surface area (Å²) in [5.74, 6) is -4.46. The second-order valence-corrected chi connectivity index (χ2v) is 6.24. The normalized spacial score (nSPS) is 17.3. The van der Waals surface area contributed by atoms with Crippen LogP contribution in [0.2, 0.25) is 0 Å². The number of rotatable bonds is 5. The van der Waals surface area contributed by atoms with Crippen LogP contribution >= 0.6 is 0 Å². The molecule has 0 saturated carbocycles. The number of benzene rings is 1. The van der Waals surface area contributed by atoms with Gasteiger partial charge in [-0.3, -0.25) is 10.1 Å². The second kappa shape index (κ2) is 6.87. The first-order valence-corrected chi connectivity index (χ1v) is 8.43. The molecule has 1 unspecified atom stereocenters. The third-order valence-corrected chi connectivity index (χ3v) is 4.33. The van der Waals surface area contributed by atoms with Gasteiger partial charge in [0.1, 0.15) is 0 Å². The van der Waals surface area contributed by atoms with Crippen molar-refractivity contribution >= 4 is 17.6 Å². The monoisotopic (exact) mass is 387 g/mol. The minimum atomic E-state index is -3.22. The number of halogens is 2. The summed E-state index contributed by atoms with van der Waals surface area (Å²) in [7, 11) is 0. The molecule has 1 aliphatic rings. The molecule has 3 amide bonds. The van der Waals surface area contributed by atoms with Crippen molar-refractivity contribution < 1.29 is 23.1 Å². The van der Waals surface area contributed by atoms with Crippen LogP contribution < -0.4 is 15.4 Å². The molecular formula is C18H15F2N5O3. The van der Waals surface area contributed by atoms with Crippen LogP contribution in [-0.4, -0.2) is 39.7 Å². The molecule has 2 N–H and O–H groups in total. The Morgan fingerprint density at radius 2 is 2.04 bits per heavy atom. The molecule has 8 nitrogen and oxygen atoms in total. The molecular weight excluding hydrogens is 372 g/mol. The molecule has 3 aromatic rings. The van der Waals surface area contributed by atoms with Crippen LogP contribution in [0.1, 0.15) is 17.2 Å². The van der Waals surface area contributed by atoms with Gasteiger partial charge in [-0.25, -0.2) is 14.3 Å². The summed E-state index contributed by atoms with van der Waals surface area (Å²) >= 11 is 0. The van der Waals surface area contributed by atoms with Crippen molar-refractivity contribution in [3.8, 4) is 5.75 Å². The lowest BCUT2D eigenvalue weighted by Crippen LogP contribution is -2.51. The number of nitrogens with zero attached hydrogens (tertiary/aromatic N) is 3. The van der Waals surface area contributed by atoms with Gasteiger partial charge in [0.05, 0.1) is 11.6 Å². The summed E-state index contributed by atoms with van der Waals surface area (Å²) in [6.45, 7) is -0.867. The molecule has 0 radical (unpaired) electrons. The average molecular weight is 387 g/mol. The fourth-order valence-corrected chi connectivity index (χ4v) is 2.89. The van der Waals surface area contributed by atoms with Crippen LogP contribution in [0, 0.1) is 0 Å². The maximum atomic E-state index is 14.4. The summed E-state index contributed by atoms with van der Waals surface area (Å²) in [6.07, 6.45) is 2.96. The highest BCUT2D eigenvalue weighted by atomic mass is 19.3. The van der Waals surface area contributed by atoms with Crippen LogP contribution in [0.3, 0.4) is 0 Å². The highest BCUT2D eigenvalue weighted by Gasteiger charge is 2.34. The molecule has 1 fully saturated rings. The molecule has 1 aromatic carbocycles. The number of carbonyl (C=O) groups excluding carboxylic acids is 2. The van der Waals surface area contributed by atoms with E-state index >= 15 is 0 Å². The third kappa shape index (κ3) is 3.36. The van der Waals surface area contributed by atoms with Crippen molar-refractivity contribution in [3.05, 3.63) is 60.0 Å². The molecule has 2 aromatic heterocycles. The molecule has 0 aliphatic carbocycles. The zero-order valence-electron chi connectivity index (χ0n) is 14.4. The summed E-state index contributed by atoms with van der Waals surface area (Å²) in [5.41, 5.74) is 0.340. The first-order valence-electron chi connectivity index (χ1n) is 8.43. The Bertz CT molecular complexity index is 1040. The number of ether oxygens (including phenoxy) is 1. The summed E-state index contributed by atoms with van der Waals surface area (Å²) < 4.78 is 35.6. The van der Waals surface area contributed by atoms with Crippen LogP contribution in [0.25, 0.3) is 5.65 Å². The minimum Gasteiger partial charge on any atom is -0.483 e. The van der Waals surface area contributed by atoms with Gasteiger partial charge in [0.25, 0.3) is 0 Å². The molecule has 1 saturated heterocycles. The second-order valence-electron chi connectivity index (χ2n) is 6.24. The summed E-state index contributed by atoms with van der Waals surface area (Å²) in [6, 6.07) is 8.14. The van der Waals surface area contributed by atoms with E-state index in [4.69, 9.17) is 4.74 Å². The Kier molecular flexibility index (Phi) is 4.38. The Morgan fingerprint density at radius 3 is 2.79 bits per heavy atom. The largest absolute Gasteiger partial charge is 0.483 e. The zero-order valence-corrected chi connectivity index (χ0v) is 14.4. The summed E-state index contributed by atoms with van der Waals surface area (Å²) in [4.78, 5) is 27.4. The highest BCUT2D eigenvalue weighted by Crippen LogP contribution is 2.30. The number of imide groups is 1. The number of amides is 3. The number of aromatic nitrogens is 3. The number of hydrogen-bond acceptors (Lipinski definition) is 5. The maximum Gasteiger partial charge on any atom is 0.321 e. The predicted molar refractivity (Wildman–Crippen MR) is 93.1 cm³/mol. The zero-order chi connectivity index (χ0) is 19.7. The van der Waals surface area contributed by atoms with Crippen molar-refractivity contribution in [2.24, 2.45) is 0 Å². The summed E-state index contributed by atoms with van der Waals surface area (Å²) in [5, 5.41) is 8.93. The number of urea groups is 1. The first-order chi connectivity index (χ1) is 13.4. The number of imidazole rings is 1. The van der Waals surface area contributed by atoms with Gasteiger partial charge < -0.3 is 10.1 Å². The van der Waals surface area contributed by atoms with E-state index in [1.54, 1.807) is 6.07 Å². The van der Waals surface area contributed by atoms with E-state index in [1.165, 1.54) is 47.2 Å². The number of fused-ring (bicyclic) bond motifs is 1. The molecule has 3 heterocycles. The first kappa shape index (κ1) is 17.8. The van der Waals surface area contributed by atoms with Gasteiger partial charge in [0.2, 0.25) is 5.91 Å². The van der Waals surface area contributed by atoms with Gasteiger partial charge in [-0.1, -0.05) is 30.3 Å². The van der Waals surface area contributed by atoms with E-state index in [0.29, 0.717) is 0 Å². The minimum absolute atomic E-state index is 0.0392. The number of hydrogen-bond donors (Lipinski definition) is 2. The standard InChI is InChI=1S/C18H15F2N5O3/c19-18(20,11-4-2-1-3-5-11)10-28-14-8-13(24-25-7-6-21-15(14)25)12-9-22-17(27)23-16(12)26/h1-8,12H,9-10H2,(H2,22,23,26,27). The van der Waals surface area contributed by atoms with Gasteiger partial charge in [-0.2, -0.15) is 13.9 Å². The Hall–Kier alpha value is -3.56. The topological polar surface area (TPSA) is 97.6 Å². The van der Waals surface area contributed by atoms with Crippen molar-refractivity contribution in [2.75, 3.05) is 13.2 Å². The lowest BCUT2D eigenvalue weighted by molar-refractivity contribution is -0.122. The van der Waals surface area contributed by atoms with Crippen LogP contribution in [0.4, 0.5) is 13.6 Å². The average Bonchev–Trinajstić information content (AvgIpc) is 3.15. The molecule has 1 aliphatic heterocycles. The van der Waals surface area contributed by atoms with Crippen LogP contribution in [-0.2, 0) is 10.7 Å². The molecule has 144 valence electrons.